The molecule has 0 spiro atoms. The van der Waals surface area contributed by atoms with Crippen LogP contribution in [0.3, 0.4) is 0 Å². The Bertz CT molecular complexity index is 440. The number of carbonyl (C=O) groups excluding carboxylic acids is 2. The molecule has 1 unspecified atom stereocenters. The number of nitrogens with zero attached hydrogens (tertiary/aromatic N) is 1. The minimum absolute atomic E-state index is 0.0263. The molecule has 1 atom stereocenters. The number of aromatic nitrogens is 1. The number of Topliss-reactive ketones (excluding diaryl/α,β-unsaturated/α-hetero) is 1. The molecule has 1 aromatic heterocycles. The van der Waals surface area contributed by atoms with Gasteiger partial charge in [0.1, 0.15) is 0 Å². The van der Waals surface area contributed by atoms with Gasteiger partial charge in [-0.15, -0.1) is 11.3 Å². The van der Waals surface area contributed by atoms with Gasteiger partial charge in [0.25, 0.3) is 0 Å². The van der Waals surface area contributed by atoms with Crippen LogP contribution in [0.25, 0.3) is 0 Å². The van der Waals surface area contributed by atoms with Crippen molar-refractivity contribution in [1.29, 1.82) is 0 Å². The van der Waals surface area contributed by atoms with Crippen LogP contribution in [0, 0.1) is 11.8 Å². The van der Waals surface area contributed by atoms with Crippen molar-refractivity contribution in [2.75, 3.05) is 6.61 Å². The summed E-state index contributed by atoms with van der Waals surface area (Å²) in [6.45, 7) is 8.24. The molecule has 0 aliphatic rings. The third kappa shape index (κ3) is 5.11. The van der Waals surface area contributed by atoms with E-state index in [9.17, 15) is 9.59 Å². The zero-order valence-electron chi connectivity index (χ0n) is 11.9. The molecule has 0 N–H and O–H groups in total. The van der Waals surface area contributed by atoms with Crippen molar-refractivity contribution >= 4 is 23.1 Å². The average molecular weight is 283 g/mol. The van der Waals surface area contributed by atoms with E-state index in [4.69, 9.17) is 4.74 Å². The standard InChI is InChI=1S/C14H21NO3S/c1-5-18-12(16)7-11-8-19-14(15-11)13(17)10(4)6-9(2)3/h8-10H,5-7H2,1-4H3. The van der Waals surface area contributed by atoms with E-state index < -0.39 is 0 Å². The van der Waals surface area contributed by atoms with Crippen molar-refractivity contribution in [3.05, 3.63) is 16.1 Å². The minimum Gasteiger partial charge on any atom is -0.466 e. The van der Waals surface area contributed by atoms with E-state index in [1.54, 1.807) is 12.3 Å². The van der Waals surface area contributed by atoms with Gasteiger partial charge in [-0.2, -0.15) is 0 Å². The topological polar surface area (TPSA) is 56.3 Å². The third-order valence-electron chi connectivity index (χ3n) is 2.67. The predicted octanol–water partition coefficient (Wildman–Crippen LogP) is 3.11. The maximum absolute atomic E-state index is 12.1. The molecule has 0 amide bonds. The van der Waals surface area contributed by atoms with Crippen LogP contribution in [0.5, 0.6) is 0 Å². The molecule has 19 heavy (non-hydrogen) atoms. The fourth-order valence-corrected chi connectivity index (χ4v) is 2.76. The number of esters is 1. The molecule has 0 aliphatic carbocycles. The van der Waals surface area contributed by atoms with Crippen LogP contribution in [-0.2, 0) is 16.0 Å². The molecule has 106 valence electrons. The van der Waals surface area contributed by atoms with E-state index >= 15 is 0 Å². The molecule has 0 aromatic carbocycles. The lowest BCUT2D eigenvalue weighted by atomic mass is 9.95. The second-order valence-corrected chi connectivity index (χ2v) is 5.88. The summed E-state index contributed by atoms with van der Waals surface area (Å²) in [5.41, 5.74) is 0.614. The van der Waals surface area contributed by atoms with Gasteiger partial charge in [-0.1, -0.05) is 20.8 Å². The molecular weight excluding hydrogens is 262 g/mol. The lowest BCUT2D eigenvalue weighted by Gasteiger charge is -2.10. The first kappa shape index (κ1) is 15.8. The Morgan fingerprint density at radius 1 is 1.37 bits per heavy atom. The molecule has 0 saturated carbocycles. The summed E-state index contributed by atoms with van der Waals surface area (Å²) in [6.07, 6.45) is 0.988. The van der Waals surface area contributed by atoms with Gasteiger partial charge in [0, 0.05) is 11.3 Å². The zero-order valence-corrected chi connectivity index (χ0v) is 12.8. The second kappa shape index (κ2) is 7.38. The quantitative estimate of drug-likeness (QED) is 0.570. The molecule has 0 bridgehead atoms. The molecule has 1 heterocycles. The maximum atomic E-state index is 12.1. The SMILES string of the molecule is CCOC(=O)Cc1csc(C(=O)C(C)CC(C)C)n1. The number of rotatable bonds is 7. The number of hydrogen-bond acceptors (Lipinski definition) is 5. The average Bonchev–Trinajstić information content (AvgIpc) is 2.75. The van der Waals surface area contributed by atoms with E-state index in [-0.39, 0.29) is 24.1 Å². The van der Waals surface area contributed by atoms with Crippen molar-refractivity contribution in [1.82, 2.24) is 4.98 Å². The smallest absolute Gasteiger partial charge is 0.311 e. The van der Waals surface area contributed by atoms with Gasteiger partial charge < -0.3 is 4.74 Å². The number of carbonyl (C=O) groups is 2. The highest BCUT2D eigenvalue weighted by Gasteiger charge is 2.20. The van der Waals surface area contributed by atoms with Crippen LogP contribution in [0.1, 0.15) is 49.6 Å². The number of hydrogen-bond donors (Lipinski definition) is 0. The highest BCUT2D eigenvalue weighted by Crippen LogP contribution is 2.20. The van der Waals surface area contributed by atoms with Crippen molar-refractivity contribution in [3.8, 4) is 0 Å². The van der Waals surface area contributed by atoms with E-state index in [0.717, 1.165) is 6.42 Å². The molecular formula is C14H21NO3S. The number of thiazole rings is 1. The fourth-order valence-electron chi connectivity index (χ4n) is 1.89. The molecule has 1 rings (SSSR count). The van der Waals surface area contributed by atoms with Gasteiger partial charge in [-0.05, 0) is 19.3 Å². The second-order valence-electron chi connectivity index (χ2n) is 5.02. The minimum atomic E-state index is -0.304. The van der Waals surface area contributed by atoms with Gasteiger partial charge >= 0.3 is 5.97 Å². The summed E-state index contributed by atoms with van der Waals surface area (Å²) < 4.78 is 4.86. The van der Waals surface area contributed by atoms with Crippen molar-refractivity contribution in [3.63, 3.8) is 0 Å². The van der Waals surface area contributed by atoms with Crippen LogP contribution >= 0.6 is 11.3 Å². The molecule has 4 nitrogen and oxygen atoms in total. The summed E-state index contributed by atoms with van der Waals surface area (Å²) in [7, 11) is 0. The first-order chi connectivity index (χ1) is 8.93. The van der Waals surface area contributed by atoms with Crippen molar-refractivity contribution in [2.45, 2.75) is 40.5 Å². The fraction of sp³-hybridized carbons (Fsp3) is 0.643. The molecule has 0 aliphatic heterocycles. The van der Waals surface area contributed by atoms with Crippen LogP contribution in [0.4, 0.5) is 0 Å². The zero-order chi connectivity index (χ0) is 14.4. The lowest BCUT2D eigenvalue weighted by Crippen LogP contribution is -2.14. The molecule has 0 saturated heterocycles. The van der Waals surface area contributed by atoms with Gasteiger partial charge in [0.05, 0.1) is 18.7 Å². The van der Waals surface area contributed by atoms with Crippen LogP contribution in [0.2, 0.25) is 0 Å². The Morgan fingerprint density at radius 2 is 2.05 bits per heavy atom. The van der Waals surface area contributed by atoms with E-state index in [2.05, 4.69) is 18.8 Å². The Hall–Kier alpha value is -1.23. The summed E-state index contributed by atoms with van der Waals surface area (Å²) in [5.74, 6) is 0.218. The van der Waals surface area contributed by atoms with Crippen LogP contribution < -0.4 is 0 Å². The summed E-state index contributed by atoms with van der Waals surface area (Å²) in [4.78, 5) is 27.7. The summed E-state index contributed by atoms with van der Waals surface area (Å²) >= 11 is 1.30. The molecule has 5 heteroatoms. The largest absolute Gasteiger partial charge is 0.466 e. The molecule has 0 fully saturated rings. The molecule has 1 aromatic rings. The number of ether oxygens (including phenoxy) is 1. The summed E-state index contributed by atoms with van der Waals surface area (Å²) in [5, 5.41) is 2.25. The van der Waals surface area contributed by atoms with Crippen molar-refractivity contribution < 1.29 is 14.3 Å². The predicted molar refractivity (Wildman–Crippen MR) is 75.4 cm³/mol. The first-order valence-electron chi connectivity index (χ1n) is 6.58. The van der Waals surface area contributed by atoms with E-state index in [1.807, 2.05) is 6.92 Å². The Labute approximate surface area is 118 Å². The maximum Gasteiger partial charge on any atom is 0.311 e. The first-order valence-corrected chi connectivity index (χ1v) is 7.46. The van der Waals surface area contributed by atoms with Crippen LogP contribution in [-0.4, -0.2) is 23.3 Å². The van der Waals surface area contributed by atoms with Crippen LogP contribution in [0.15, 0.2) is 5.38 Å². The normalized spacial score (nSPS) is 12.5. The Morgan fingerprint density at radius 3 is 2.63 bits per heavy atom. The van der Waals surface area contributed by atoms with E-state index in [1.165, 1.54) is 11.3 Å². The van der Waals surface area contributed by atoms with Gasteiger partial charge in [-0.25, -0.2) is 4.98 Å². The van der Waals surface area contributed by atoms with Gasteiger partial charge in [0.2, 0.25) is 0 Å². The summed E-state index contributed by atoms with van der Waals surface area (Å²) in [6, 6.07) is 0. The van der Waals surface area contributed by atoms with E-state index in [0.29, 0.717) is 23.2 Å². The Kier molecular flexibility index (Phi) is 6.15. The highest BCUT2D eigenvalue weighted by atomic mass is 32.1. The number of ketones is 1. The lowest BCUT2D eigenvalue weighted by molar-refractivity contribution is -0.142. The molecule has 0 radical (unpaired) electrons. The highest BCUT2D eigenvalue weighted by molar-refractivity contribution is 7.11. The van der Waals surface area contributed by atoms with Crippen molar-refractivity contribution in [2.24, 2.45) is 11.8 Å². The third-order valence-corrected chi connectivity index (χ3v) is 3.57. The Balaban J connectivity index is 2.63. The van der Waals surface area contributed by atoms with Gasteiger partial charge in [0.15, 0.2) is 10.8 Å². The van der Waals surface area contributed by atoms with Gasteiger partial charge in [-0.3, -0.25) is 9.59 Å². The monoisotopic (exact) mass is 283 g/mol.